The lowest BCUT2D eigenvalue weighted by atomic mass is 10.1. The van der Waals surface area contributed by atoms with Gasteiger partial charge in [-0.3, -0.25) is 24.1 Å². The highest BCUT2D eigenvalue weighted by molar-refractivity contribution is 7.98. The number of fused-ring (bicyclic) bond motifs is 1. The van der Waals surface area contributed by atoms with E-state index in [9.17, 15) is 24.0 Å². The van der Waals surface area contributed by atoms with Gasteiger partial charge in [-0.1, -0.05) is 24.3 Å². The van der Waals surface area contributed by atoms with E-state index in [1.165, 1.54) is 23.9 Å². The van der Waals surface area contributed by atoms with Crippen LogP contribution in [0.15, 0.2) is 48.5 Å². The number of amides is 4. The van der Waals surface area contributed by atoms with Crippen LogP contribution >= 0.6 is 11.8 Å². The van der Waals surface area contributed by atoms with E-state index in [0.29, 0.717) is 5.75 Å². The normalized spacial score (nSPS) is 13.4. The molecule has 0 saturated heterocycles. The molecule has 0 spiro atoms. The number of carbonyl (C=O) groups is 5. The molecule has 1 atom stereocenters. The molecule has 0 aliphatic carbocycles. The summed E-state index contributed by atoms with van der Waals surface area (Å²) >= 11 is 1.45. The quantitative estimate of drug-likeness (QED) is 0.382. The fourth-order valence-electron chi connectivity index (χ4n) is 3.62. The Labute approximate surface area is 207 Å². The van der Waals surface area contributed by atoms with Crippen molar-refractivity contribution < 1.29 is 28.7 Å². The van der Waals surface area contributed by atoms with Crippen molar-refractivity contribution in [2.24, 2.45) is 0 Å². The minimum atomic E-state index is -1.16. The SMILES string of the molecule is CSCCC(C(=O)OCC(=O)Nc1ccccc1C(=O)NC(C)C)N1C(=O)c2ccccc2C1=O. The average molecular weight is 498 g/mol. The maximum Gasteiger partial charge on any atom is 0.329 e. The molecule has 0 aromatic heterocycles. The van der Waals surface area contributed by atoms with Crippen LogP contribution in [0.1, 0.15) is 51.3 Å². The third-order valence-electron chi connectivity index (χ3n) is 5.22. The van der Waals surface area contributed by atoms with Crippen LogP contribution in [0.25, 0.3) is 0 Å². The third kappa shape index (κ3) is 6.07. The standard InChI is InChI=1S/C25H27N3O6S/c1-15(2)26-22(30)18-10-6-7-11-19(18)27-21(29)14-34-25(33)20(12-13-35-3)28-23(31)16-8-4-5-9-17(16)24(28)32/h4-11,15,20H,12-14H2,1-3H3,(H,26,30)(H,27,29). The summed E-state index contributed by atoms with van der Waals surface area (Å²) in [4.78, 5) is 64.4. The molecule has 1 heterocycles. The zero-order valence-corrected chi connectivity index (χ0v) is 20.5. The Balaban J connectivity index is 1.68. The van der Waals surface area contributed by atoms with Gasteiger partial charge in [0.05, 0.1) is 22.4 Å². The first kappa shape index (κ1) is 26.0. The third-order valence-corrected chi connectivity index (χ3v) is 5.86. The predicted octanol–water partition coefficient (Wildman–Crippen LogP) is 2.72. The van der Waals surface area contributed by atoms with Crippen molar-refractivity contribution >= 4 is 47.0 Å². The monoisotopic (exact) mass is 497 g/mol. The second-order valence-corrected chi connectivity index (χ2v) is 9.14. The number of benzene rings is 2. The topological polar surface area (TPSA) is 122 Å². The summed E-state index contributed by atoms with van der Waals surface area (Å²) in [6.07, 6.45) is 2.02. The van der Waals surface area contributed by atoms with Crippen molar-refractivity contribution in [1.29, 1.82) is 0 Å². The van der Waals surface area contributed by atoms with Gasteiger partial charge in [-0.2, -0.15) is 11.8 Å². The highest BCUT2D eigenvalue weighted by Crippen LogP contribution is 2.26. The van der Waals surface area contributed by atoms with Gasteiger partial charge in [0, 0.05) is 6.04 Å². The molecule has 0 bridgehead atoms. The van der Waals surface area contributed by atoms with E-state index >= 15 is 0 Å². The summed E-state index contributed by atoms with van der Waals surface area (Å²) in [7, 11) is 0. The number of ether oxygens (including phenoxy) is 1. The molecule has 4 amide bonds. The number of nitrogens with one attached hydrogen (secondary N) is 2. The van der Waals surface area contributed by atoms with Crippen LogP contribution in [0.5, 0.6) is 0 Å². The van der Waals surface area contributed by atoms with Crippen LogP contribution in [0.4, 0.5) is 5.69 Å². The van der Waals surface area contributed by atoms with Crippen LogP contribution < -0.4 is 10.6 Å². The predicted molar refractivity (Wildman–Crippen MR) is 132 cm³/mol. The Kier molecular flexibility index (Phi) is 8.64. The smallest absolute Gasteiger partial charge is 0.329 e. The fourth-order valence-corrected chi connectivity index (χ4v) is 4.08. The van der Waals surface area contributed by atoms with Gasteiger partial charge in [-0.25, -0.2) is 4.79 Å². The van der Waals surface area contributed by atoms with E-state index in [2.05, 4.69) is 10.6 Å². The van der Waals surface area contributed by atoms with Crippen LogP contribution in [0, 0.1) is 0 Å². The number of hydrogen-bond donors (Lipinski definition) is 2. The van der Waals surface area contributed by atoms with Crippen molar-refractivity contribution in [3.05, 3.63) is 65.2 Å². The first-order valence-corrected chi connectivity index (χ1v) is 12.5. The van der Waals surface area contributed by atoms with Crippen molar-refractivity contribution in [2.75, 3.05) is 23.9 Å². The molecule has 2 N–H and O–H groups in total. The molecule has 9 nitrogen and oxygen atoms in total. The average Bonchev–Trinajstić information content (AvgIpc) is 3.08. The molecule has 0 saturated carbocycles. The lowest BCUT2D eigenvalue weighted by Crippen LogP contribution is -2.46. The molecule has 0 fully saturated rings. The van der Waals surface area contributed by atoms with Gasteiger partial charge in [0.2, 0.25) is 0 Å². The largest absolute Gasteiger partial charge is 0.454 e. The van der Waals surface area contributed by atoms with E-state index in [1.54, 1.807) is 36.4 Å². The minimum absolute atomic E-state index is 0.0902. The number of hydrogen-bond acceptors (Lipinski definition) is 7. The first-order chi connectivity index (χ1) is 16.7. The molecule has 1 unspecified atom stereocenters. The van der Waals surface area contributed by atoms with E-state index in [1.807, 2.05) is 20.1 Å². The van der Waals surface area contributed by atoms with E-state index < -0.39 is 36.3 Å². The number of anilines is 1. The van der Waals surface area contributed by atoms with Crippen LogP contribution in [0.2, 0.25) is 0 Å². The minimum Gasteiger partial charge on any atom is -0.454 e. The van der Waals surface area contributed by atoms with Crippen molar-refractivity contribution in [2.45, 2.75) is 32.4 Å². The van der Waals surface area contributed by atoms with Gasteiger partial charge in [-0.05, 0) is 56.5 Å². The lowest BCUT2D eigenvalue weighted by molar-refractivity contribution is -0.151. The first-order valence-electron chi connectivity index (χ1n) is 11.1. The Hall–Kier alpha value is -3.66. The maximum atomic E-state index is 12.9. The van der Waals surface area contributed by atoms with Gasteiger partial charge >= 0.3 is 5.97 Å². The van der Waals surface area contributed by atoms with Crippen molar-refractivity contribution in [3.8, 4) is 0 Å². The van der Waals surface area contributed by atoms with Crippen molar-refractivity contribution in [3.63, 3.8) is 0 Å². The summed E-state index contributed by atoms with van der Waals surface area (Å²) in [5.74, 6) is -2.50. The fraction of sp³-hybridized carbons (Fsp3) is 0.320. The molecule has 10 heteroatoms. The maximum absolute atomic E-state index is 12.9. The van der Waals surface area contributed by atoms with E-state index in [4.69, 9.17) is 4.74 Å². The van der Waals surface area contributed by atoms with Gasteiger partial charge < -0.3 is 15.4 Å². The second kappa shape index (κ2) is 11.7. The summed E-state index contributed by atoms with van der Waals surface area (Å²) < 4.78 is 5.20. The Morgan fingerprint density at radius 3 is 2.17 bits per heavy atom. The molecule has 184 valence electrons. The molecule has 2 aromatic carbocycles. The zero-order valence-electron chi connectivity index (χ0n) is 19.7. The number of para-hydroxylation sites is 1. The van der Waals surface area contributed by atoms with Gasteiger partial charge in [0.25, 0.3) is 23.6 Å². The molecule has 0 radical (unpaired) electrons. The molecule has 35 heavy (non-hydrogen) atoms. The van der Waals surface area contributed by atoms with Gasteiger partial charge in [-0.15, -0.1) is 0 Å². The molecule has 2 aromatic rings. The number of thioether (sulfide) groups is 1. The highest BCUT2D eigenvalue weighted by atomic mass is 32.2. The van der Waals surface area contributed by atoms with Gasteiger partial charge in [0.15, 0.2) is 6.61 Å². The summed E-state index contributed by atoms with van der Waals surface area (Å²) in [5, 5.41) is 5.33. The number of carbonyl (C=O) groups excluding carboxylic acids is 5. The van der Waals surface area contributed by atoms with E-state index in [-0.39, 0.29) is 40.7 Å². The van der Waals surface area contributed by atoms with E-state index in [0.717, 1.165) is 4.90 Å². The van der Waals surface area contributed by atoms with Crippen LogP contribution in [-0.4, -0.2) is 65.2 Å². The number of imide groups is 1. The van der Waals surface area contributed by atoms with Crippen molar-refractivity contribution in [1.82, 2.24) is 10.2 Å². The lowest BCUT2D eigenvalue weighted by Gasteiger charge is -2.24. The Morgan fingerprint density at radius 1 is 0.971 bits per heavy atom. The van der Waals surface area contributed by atoms with Crippen LogP contribution in [0.3, 0.4) is 0 Å². The Morgan fingerprint density at radius 2 is 1.57 bits per heavy atom. The number of rotatable bonds is 10. The number of nitrogens with zero attached hydrogens (tertiary/aromatic N) is 1. The number of esters is 1. The second-order valence-electron chi connectivity index (χ2n) is 8.15. The molecule has 1 aliphatic heterocycles. The Bertz CT molecular complexity index is 1110. The molecule has 1 aliphatic rings. The van der Waals surface area contributed by atoms with Gasteiger partial charge in [0.1, 0.15) is 6.04 Å². The molecule has 3 rings (SSSR count). The highest BCUT2D eigenvalue weighted by Gasteiger charge is 2.43. The molecular formula is C25H27N3O6S. The van der Waals surface area contributed by atoms with Crippen LogP contribution in [-0.2, 0) is 14.3 Å². The summed E-state index contributed by atoms with van der Waals surface area (Å²) in [6, 6.07) is 11.6. The zero-order chi connectivity index (χ0) is 25.5. The summed E-state index contributed by atoms with van der Waals surface area (Å²) in [6.45, 7) is 3.00. The molecular weight excluding hydrogens is 470 g/mol. The summed E-state index contributed by atoms with van der Waals surface area (Å²) in [5.41, 5.74) is 0.998.